The topological polar surface area (TPSA) is 26.3 Å². The molecule has 0 aliphatic heterocycles. The Morgan fingerprint density at radius 2 is 1.93 bits per heavy atom. The first-order valence-electron chi connectivity index (χ1n) is 4.63. The number of ether oxygens (including phenoxy) is 1. The van der Waals surface area contributed by atoms with Crippen LogP contribution in [0.2, 0.25) is 0 Å². The van der Waals surface area contributed by atoms with Gasteiger partial charge in [0.1, 0.15) is 5.75 Å². The van der Waals surface area contributed by atoms with Crippen molar-refractivity contribution in [3.05, 3.63) is 29.3 Å². The van der Waals surface area contributed by atoms with Crippen LogP contribution in [0.25, 0.3) is 0 Å². The van der Waals surface area contributed by atoms with E-state index in [0.29, 0.717) is 11.3 Å². The van der Waals surface area contributed by atoms with Gasteiger partial charge in [0.25, 0.3) is 0 Å². The SMILES string of the molecule is COc1cccc(C(C)(C)C)c1C=O. The van der Waals surface area contributed by atoms with Crippen molar-refractivity contribution in [3.63, 3.8) is 0 Å². The highest BCUT2D eigenvalue weighted by molar-refractivity contribution is 5.82. The molecule has 0 unspecified atom stereocenters. The fraction of sp³-hybridized carbons (Fsp3) is 0.417. The van der Waals surface area contributed by atoms with Gasteiger partial charge in [-0.15, -0.1) is 0 Å². The maximum Gasteiger partial charge on any atom is 0.154 e. The van der Waals surface area contributed by atoms with Gasteiger partial charge in [-0.05, 0) is 17.0 Å². The second-order valence-electron chi connectivity index (χ2n) is 4.29. The number of carbonyl (C=O) groups is 1. The van der Waals surface area contributed by atoms with Crippen LogP contribution in [-0.4, -0.2) is 13.4 Å². The minimum Gasteiger partial charge on any atom is -0.496 e. The zero-order valence-corrected chi connectivity index (χ0v) is 9.13. The largest absolute Gasteiger partial charge is 0.496 e. The lowest BCUT2D eigenvalue weighted by Crippen LogP contribution is -2.14. The van der Waals surface area contributed by atoms with E-state index in [1.54, 1.807) is 13.2 Å². The van der Waals surface area contributed by atoms with E-state index < -0.39 is 0 Å². The molecule has 1 rings (SSSR count). The van der Waals surface area contributed by atoms with Crippen molar-refractivity contribution in [2.75, 3.05) is 7.11 Å². The summed E-state index contributed by atoms with van der Waals surface area (Å²) in [6, 6.07) is 5.68. The molecule has 0 amide bonds. The zero-order chi connectivity index (χ0) is 10.8. The summed E-state index contributed by atoms with van der Waals surface area (Å²) in [6.45, 7) is 6.23. The first kappa shape index (κ1) is 10.8. The van der Waals surface area contributed by atoms with Crippen molar-refractivity contribution in [2.24, 2.45) is 0 Å². The molecule has 0 N–H and O–H groups in total. The van der Waals surface area contributed by atoms with Crippen LogP contribution in [0, 0.1) is 0 Å². The van der Waals surface area contributed by atoms with Crippen LogP contribution in [0.3, 0.4) is 0 Å². The van der Waals surface area contributed by atoms with E-state index in [-0.39, 0.29) is 5.41 Å². The molecule has 0 aliphatic carbocycles. The predicted molar refractivity (Wildman–Crippen MR) is 57.1 cm³/mol. The van der Waals surface area contributed by atoms with Gasteiger partial charge in [0.15, 0.2) is 6.29 Å². The molecule has 0 spiro atoms. The quantitative estimate of drug-likeness (QED) is 0.673. The standard InChI is InChI=1S/C12H16O2/c1-12(2,3)10-6-5-7-11(14-4)9(10)8-13/h5-8H,1-4H3. The van der Waals surface area contributed by atoms with Gasteiger partial charge < -0.3 is 4.74 Å². The van der Waals surface area contributed by atoms with Crippen molar-refractivity contribution in [2.45, 2.75) is 26.2 Å². The maximum atomic E-state index is 11.0. The number of aldehydes is 1. The third-order valence-corrected chi connectivity index (χ3v) is 2.21. The van der Waals surface area contributed by atoms with E-state index in [1.165, 1.54) is 0 Å². The molecule has 0 radical (unpaired) electrons. The molecule has 2 heteroatoms. The Kier molecular flexibility index (Phi) is 2.94. The third kappa shape index (κ3) is 1.95. The molecule has 14 heavy (non-hydrogen) atoms. The number of benzene rings is 1. The second-order valence-corrected chi connectivity index (χ2v) is 4.29. The summed E-state index contributed by atoms with van der Waals surface area (Å²) in [6.07, 6.45) is 0.861. The Labute approximate surface area is 84.9 Å². The van der Waals surface area contributed by atoms with Crippen LogP contribution in [0.15, 0.2) is 18.2 Å². The van der Waals surface area contributed by atoms with Gasteiger partial charge in [-0.3, -0.25) is 4.79 Å². The summed E-state index contributed by atoms with van der Waals surface area (Å²) in [7, 11) is 1.58. The molecule has 1 aromatic rings. The van der Waals surface area contributed by atoms with E-state index in [9.17, 15) is 4.79 Å². The van der Waals surface area contributed by atoms with Crippen molar-refractivity contribution < 1.29 is 9.53 Å². The Morgan fingerprint density at radius 1 is 1.29 bits per heavy atom. The minimum absolute atomic E-state index is 0.0369. The van der Waals surface area contributed by atoms with Gasteiger partial charge in [0.2, 0.25) is 0 Å². The molecule has 0 aliphatic rings. The average Bonchev–Trinajstić information content (AvgIpc) is 2.15. The van der Waals surface area contributed by atoms with Crippen molar-refractivity contribution in [1.29, 1.82) is 0 Å². The fourth-order valence-corrected chi connectivity index (χ4v) is 1.50. The molecule has 0 atom stereocenters. The van der Waals surface area contributed by atoms with E-state index in [2.05, 4.69) is 20.8 Å². The molecule has 76 valence electrons. The predicted octanol–water partition coefficient (Wildman–Crippen LogP) is 2.81. The molecule has 0 bridgehead atoms. The van der Waals surface area contributed by atoms with Crippen molar-refractivity contribution in [3.8, 4) is 5.75 Å². The first-order chi connectivity index (χ1) is 6.50. The van der Waals surface area contributed by atoms with Gasteiger partial charge in [0.05, 0.1) is 12.7 Å². The van der Waals surface area contributed by atoms with Gasteiger partial charge >= 0.3 is 0 Å². The molecule has 0 heterocycles. The number of hydrogen-bond donors (Lipinski definition) is 0. The smallest absolute Gasteiger partial charge is 0.154 e. The van der Waals surface area contributed by atoms with E-state index in [0.717, 1.165) is 11.8 Å². The summed E-state index contributed by atoms with van der Waals surface area (Å²) in [5.74, 6) is 0.646. The zero-order valence-electron chi connectivity index (χ0n) is 9.13. The lowest BCUT2D eigenvalue weighted by Gasteiger charge is -2.22. The Bertz CT molecular complexity index is 335. The number of carbonyl (C=O) groups excluding carboxylic acids is 1. The number of rotatable bonds is 2. The molecular weight excluding hydrogens is 176 g/mol. The Hall–Kier alpha value is -1.31. The molecule has 0 saturated carbocycles. The van der Waals surface area contributed by atoms with Crippen LogP contribution >= 0.6 is 0 Å². The average molecular weight is 192 g/mol. The van der Waals surface area contributed by atoms with Crippen LogP contribution in [0.1, 0.15) is 36.7 Å². The van der Waals surface area contributed by atoms with Crippen LogP contribution < -0.4 is 4.74 Å². The summed E-state index contributed by atoms with van der Waals surface area (Å²) in [4.78, 5) is 11.0. The maximum absolute atomic E-state index is 11.0. The van der Waals surface area contributed by atoms with E-state index in [4.69, 9.17) is 4.74 Å². The molecule has 0 saturated heterocycles. The fourth-order valence-electron chi connectivity index (χ4n) is 1.50. The van der Waals surface area contributed by atoms with Gasteiger partial charge in [-0.1, -0.05) is 32.9 Å². The van der Waals surface area contributed by atoms with Crippen LogP contribution in [0.4, 0.5) is 0 Å². The lowest BCUT2D eigenvalue weighted by molar-refractivity contribution is 0.111. The van der Waals surface area contributed by atoms with Gasteiger partial charge in [-0.25, -0.2) is 0 Å². The second kappa shape index (κ2) is 3.82. The summed E-state index contributed by atoms with van der Waals surface area (Å²) >= 11 is 0. The summed E-state index contributed by atoms with van der Waals surface area (Å²) in [5.41, 5.74) is 1.64. The number of methoxy groups -OCH3 is 1. The molecule has 2 nitrogen and oxygen atoms in total. The summed E-state index contributed by atoms with van der Waals surface area (Å²) < 4.78 is 5.14. The highest BCUT2D eigenvalue weighted by atomic mass is 16.5. The van der Waals surface area contributed by atoms with Gasteiger partial charge in [-0.2, -0.15) is 0 Å². The lowest BCUT2D eigenvalue weighted by atomic mass is 9.84. The van der Waals surface area contributed by atoms with E-state index in [1.807, 2.05) is 12.1 Å². The highest BCUT2D eigenvalue weighted by Crippen LogP contribution is 2.30. The molecule has 0 fully saturated rings. The van der Waals surface area contributed by atoms with Crippen molar-refractivity contribution in [1.82, 2.24) is 0 Å². The Morgan fingerprint density at radius 3 is 2.36 bits per heavy atom. The first-order valence-corrected chi connectivity index (χ1v) is 4.63. The Balaban J connectivity index is 3.37. The normalized spacial score (nSPS) is 11.1. The van der Waals surface area contributed by atoms with Crippen LogP contribution in [-0.2, 0) is 5.41 Å². The highest BCUT2D eigenvalue weighted by Gasteiger charge is 2.19. The monoisotopic (exact) mass is 192 g/mol. The van der Waals surface area contributed by atoms with Gasteiger partial charge in [0, 0.05) is 0 Å². The summed E-state index contributed by atoms with van der Waals surface area (Å²) in [5, 5.41) is 0. The number of hydrogen-bond acceptors (Lipinski definition) is 2. The molecule has 0 aromatic heterocycles. The minimum atomic E-state index is -0.0369. The van der Waals surface area contributed by atoms with E-state index >= 15 is 0 Å². The molecular formula is C12H16O2. The molecule has 1 aromatic carbocycles. The third-order valence-electron chi connectivity index (χ3n) is 2.21. The van der Waals surface area contributed by atoms with Crippen LogP contribution in [0.5, 0.6) is 5.75 Å². The van der Waals surface area contributed by atoms with Crippen molar-refractivity contribution >= 4 is 6.29 Å².